The van der Waals surface area contributed by atoms with E-state index in [4.69, 9.17) is 0 Å². The summed E-state index contributed by atoms with van der Waals surface area (Å²) < 4.78 is 0. The van der Waals surface area contributed by atoms with E-state index in [0.717, 1.165) is 6.42 Å². The van der Waals surface area contributed by atoms with Crippen LogP contribution in [0.3, 0.4) is 0 Å². The van der Waals surface area contributed by atoms with E-state index in [1.54, 1.807) is 0 Å². The molecule has 0 unspecified atom stereocenters. The summed E-state index contributed by atoms with van der Waals surface area (Å²) in [5, 5.41) is 0. The van der Waals surface area contributed by atoms with Gasteiger partial charge in [-0.25, -0.2) is 0 Å². The molecule has 0 aliphatic carbocycles. The Kier molecular flexibility index (Phi) is 4.33. The summed E-state index contributed by atoms with van der Waals surface area (Å²) in [6.45, 7) is 7.83. The van der Waals surface area contributed by atoms with Crippen molar-refractivity contribution in [2.75, 3.05) is 0 Å². The maximum atomic E-state index is 3.80. The van der Waals surface area contributed by atoms with E-state index in [9.17, 15) is 0 Å². The third kappa shape index (κ3) is 3.66. The second kappa shape index (κ2) is 4.63. The van der Waals surface area contributed by atoms with Gasteiger partial charge in [0.25, 0.3) is 0 Å². The summed E-state index contributed by atoms with van der Waals surface area (Å²) >= 11 is 0. The molecule has 0 heteroatoms. The van der Waals surface area contributed by atoms with Crippen molar-refractivity contribution in [1.82, 2.24) is 0 Å². The zero-order valence-electron chi connectivity index (χ0n) is 5.65. The summed E-state index contributed by atoms with van der Waals surface area (Å²) in [7, 11) is 0. The lowest BCUT2D eigenvalue weighted by molar-refractivity contribution is 1.26. The van der Waals surface area contributed by atoms with Gasteiger partial charge in [0.05, 0.1) is 0 Å². The molecule has 1 radical (unpaired) electrons. The predicted molar refractivity (Wildman–Crippen MR) is 38.5 cm³/mol. The molecule has 0 aromatic carbocycles. The van der Waals surface area contributed by atoms with Gasteiger partial charge in [-0.3, -0.25) is 0 Å². The Morgan fingerprint density at radius 1 is 1.50 bits per heavy atom. The Labute approximate surface area is 51.9 Å². The molecule has 0 heterocycles. The molecule has 0 aromatic heterocycles. The van der Waals surface area contributed by atoms with Crippen LogP contribution in [0.1, 0.15) is 20.3 Å². The fourth-order valence-corrected chi connectivity index (χ4v) is 0.387. The van der Waals surface area contributed by atoms with E-state index < -0.39 is 0 Å². The number of hydrogen-bond acceptors (Lipinski definition) is 0. The highest BCUT2D eigenvalue weighted by Crippen LogP contribution is 1.97. The predicted octanol–water partition coefficient (Wildman–Crippen LogP) is 2.73. The lowest BCUT2D eigenvalue weighted by Gasteiger charge is -1.88. The minimum Gasteiger partial charge on any atom is -0.0913 e. The van der Waals surface area contributed by atoms with Crippen LogP contribution in [0.15, 0.2) is 23.8 Å². The molecule has 0 saturated heterocycles. The number of rotatable bonds is 2. The minimum atomic E-state index is 0.993. The molecule has 0 nitrogen and oxygen atoms in total. The first-order chi connectivity index (χ1) is 3.81. The lowest BCUT2D eigenvalue weighted by Crippen LogP contribution is -1.68. The Morgan fingerprint density at radius 2 is 2.12 bits per heavy atom. The van der Waals surface area contributed by atoms with Crippen LogP contribution in [-0.2, 0) is 0 Å². The molecule has 0 spiro atoms. The maximum Gasteiger partial charge on any atom is -0.0139 e. The average molecular weight is 109 g/mol. The largest absolute Gasteiger partial charge is 0.0913 e. The molecule has 0 saturated carbocycles. The Balaban J connectivity index is 3.40. The lowest BCUT2D eigenvalue weighted by atomic mass is 10.2. The van der Waals surface area contributed by atoms with Crippen molar-refractivity contribution in [3.8, 4) is 0 Å². The Morgan fingerprint density at radius 3 is 2.50 bits per heavy atom. The highest BCUT2D eigenvalue weighted by Gasteiger charge is 1.77. The first-order valence-corrected chi connectivity index (χ1v) is 2.89. The van der Waals surface area contributed by atoms with Crippen molar-refractivity contribution in [2.24, 2.45) is 0 Å². The molecule has 0 aliphatic rings. The van der Waals surface area contributed by atoms with Crippen LogP contribution < -0.4 is 0 Å². The smallest absolute Gasteiger partial charge is 0.0139 e. The Bertz CT molecular complexity index is 96.6. The summed E-state index contributed by atoms with van der Waals surface area (Å²) in [5.41, 5.74) is 1.18. The number of allylic oxidation sites excluding steroid dienone is 4. The van der Waals surface area contributed by atoms with Gasteiger partial charge in [0.2, 0.25) is 0 Å². The van der Waals surface area contributed by atoms with Crippen LogP contribution in [-0.4, -0.2) is 0 Å². The fraction of sp³-hybridized carbons (Fsp3) is 0.375. The van der Waals surface area contributed by atoms with Crippen molar-refractivity contribution >= 4 is 0 Å². The summed E-state index contributed by atoms with van der Waals surface area (Å²) in [5.74, 6) is 0. The SMILES string of the molecule is [CH2]C(=CC)CC=CC. The van der Waals surface area contributed by atoms with Crippen molar-refractivity contribution in [2.45, 2.75) is 20.3 Å². The molecular formula is C8H13. The van der Waals surface area contributed by atoms with Crippen molar-refractivity contribution in [1.29, 1.82) is 0 Å². The maximum absolute atomic E-state index is 3.80. The normalized spacial score (nSPS) is 13.1. The van der Waals surface area contributed by atoms with Crippen LogP contribution in [0.2, 0.25) is 0 Å². The first-order valence-electron chi connectivity index (χ1n) is 2.89. The van der Waals surface area contributed by atoms with Crippen molar-refractivity contribution < 1.29 is 0 Å². The second-order valence-corrected chi connectivity index (χ2v) is 1.72. The molecule has 8 heavy (non-hydrogen) atoms. The number of hydrogen-bond donors (Lipinski definition) is 0. The van der Waals surface area contributed by atoms with Gasteiger partial charge in [0.1, 0.15) is 0 Å². The van der Waals surface area contributed by atoms with Gasteiger partial charge in [-0.05, 0) is 27.2 Å². The van der Waals surface area contributed by atoms with Gasteiger partial charge < -0.3 is 0 Å². The van der Waals surface area contributed by atoms with Gasteiger partial charge in [-0.15, -0.1) is 0 Å². The van der Waals surface area contributed by atoms with Gasteiger partial charge in [-0.2, -0.15) is 0 Å². The van der Waals surface area contributed by atoms with Gasteiger partial charge in [0.15, 0.2) is 0 Å². The topological polar surface area (TPSA) is 0 Å². The van der Waals surface area contributed by atoms with Gasteiger partial charge in [-0.1, -0.05) is 23.8 Å². The van der Waals surface area contributed by atoms with Gasteiger partial charge in [0, 0.05) is 0 Å². The molecule has 0 N–H and O–H groups in total. The monoisotopic (exact) mass is 109 g/mol. The molecule has 0 fully saturated rings. The molecule has 0 bridgehead atoms. The molecular weight excluding hydrogens is 96.1 g/mol. The van der Waals surface area contributed by atoms with Crippen LogP contribution in [0.4, 0.5) is 0 Å². The van der Waals surface area contributed by atoms with E-state index in [2.05, 4.69) is 13.0 Å². The summed E-state index contributed by atoms with van der Waals surface area (Å²) in [4.78, 5) is 0. The molecule has 45 valence electrons. The summed E-state index contributed by atoms with van der Waals surface area (Å²) in [6, 6.07) is 0. The molecule has 0 atom stereocenters. The summed E-state index contributed by atoms with van der Waals surface area (Å²) in [6.07, 6.45) is 7.16. The standard InChI is InChI=1S/C8H13/c1-4-6-7-8(3)5-2/h4-6H,3,7H2,1-2H3. The highest BCUT2D eigenvalue weighted by atomic mass is 13.8. The quantitative estimate of drug-likeness (QED) is 0.478. The molecule has 0 aliphatic heterocycles. The van der Waals surface area contributed by atoms with E-state index in [1.807, 2.05) is 26.0 Å². The molecule has 0 aromatic rings. The molecule has 0 amide bonds. The van der Waals surface area contributed by atoms with Crippen LogP contribution in [0.5, 0.6) is 0 Å². The zero-order valence-corrected chi connectivity index (χ0v) is 5.65. The Hall–Kier alpha value is -0.520. The van der Waals surface area contributed by atoms with Gasteiger partial charge >= 0.3 is 0 Å². The van der Waals surface area contributed by atoms with Crippen molar-refractivity contribution in [3.05, 3.63) is 30.7 Å². The zero-order chi connectivity index (χ0) is 6.41. The van der Waals surface area contributed by atoms with Crippen molar-refractivity contribution in [3.63, 3.8) is 0 Å². The van der Waals surface area contributed by atoms with E-state index in [-0.39, 0.29) is 0 Å². The molecule has 0 rings (SSSR count). The van der Waals surface area contributed by atoms with E-state index in [0.29, 0.717) is 0 Å². The third-order valence-corrected chi connectivity index (χ3v) is 1.02. The minimum absolute atomic E-state index is 0.993. The van der Waals surface area contributed by atoms with Crippen LogP contribution >= 0.6 is 0 Å². The van der Waals surface area contributed by atoms with E-state index >= 15 is 0 Å². The highest BCUT2D eigenvalue weighted by molar-refractivity contribution is 5.08. The third-order valence-electron chi connectivity index (χ3n) is 1.02. The van der Waals surface area contributed by atoms with E-state index in [1.165, 1.54) is 5.57 Å². The fourth-order valence-electron chi connectivity index (χ4n) is 0.387. The van der Waals surface area contributed by atoms with Crippen LogP contribution in [0, 0.1) is 6.92 Å². The second-order valence-electron chi connectivity index (χ2n) is 1.72. The first kappa shape index (κ1) is 7.48. The average Bonchev–Trinajstić information content (AvgIpc) is 1.83. The van der Waals surface area contributed by atoms with Crippen LogP contribution in [0.25, 0.3) is 0 Å².